The molecule has 0 aliphatic carbocycles. The van der Waals surface area contributed by atoms with E-state index >= 15 is 0 Å². The highest BCUT2D eigenvalue weighted by atomic mass is 32.2. The van der Waals surface area contributed by atoms with Crippen molar-refractivity contribution in [1.82, 2.24) is 0 Å². The number of allylic oxidation sites excluding steroid dienone is 2. The average Bonchev–Trinajstić information content (AvgIpc) is 3.12. The molecule has 154 valence electrons. The van der Waals surface area contributed by atoms with Gasteiger partial charge in [-0.25, -0.2) is 0 Å². The van der Waals surface area contributed by atoms with E-state index in [9.17, 15) is 9.59 Å². The summed E-state index contributed by atoms with van der Waals surface area (Å²) >= 11 is 1.75. The molecule has 0 radical (unpaired) electrons. The Hall–Kier alpha value is -2.08. The third kappa shape index (κ3) is 8.74. The molecule has 1 aromatic carbocycles. The van der Waals surface area contributed by atoms with Gasteiger partial charge in [-0.15, -0.1) is 11.8 Å². The first-order valence-electron chi connectivity index (χ1n) is 9.71. The largest absolute Gasteiger partial charge is 0.469 e. The normalized spacial score (nSPS) is 18.6. The van der Waals surface area contributed by atoms with Crippen LogP contribution in [0.25, 0.3) is 0 Å². The maximum Gasteiger partial charge on any atom is 0.305 e. The number of rotatable bonds is 8. The maximum absolute atomic E-state index is 11.0. The minimum Gasteiger partial charge on any atom is -0.469 e. The first-order chi connectivity index (χ1) is 13.5. The Labute approximate surface area is 172 Å². The molecule has 1 aliphatic rings. The molecule has 0 amide bonds. The lowest BCUT2D eigenvalue weighted by Gasteiger charge is -2.07. The number of ether oxygens (including phenoxy) is 1. The van der Waals surface area contributed by atoms with Crippen molar-refractivity contribution >= 4 is 29.2 Å². The summed E-state index contributed by atoms with van der Waals surface area (Å²) in [5.41, 5.74) is 1.61. The fraction of sp³-hybridized carbons (Fsp3) is 0.500. The van der Waals surface area contributed by atoms with Gasteiger partial charge in [-0.3, -0.25) is 9.59 Å². The lowest BCUT2D eigenvalue weighted by Crippen LogP contribution is -2.10. The van der Waals surface area contributed by atoms with E-state index in [1.165, 1.54) is 13.5 Å². The molecule has 1 atom stereocenters. The van der Waals surface area contributed by atoms with Crippen LogP contribution in [0.2, 0.25) is 0 Å². The lowest BCUT2D eigenvalue weighted by molar-refractivity contribution is -0.140. The van der Waals surface area contributed by atoms with Gasteiger partial charge in [-0.05, 0) is 26.2 Å². The summed E-state index contributed by atoms with van der Waals surface area (Å²) in [6, 6.07) is 9.23. The Morgan fingerprint density at radius 2 is 2.00 bits per heavy atom. The van der Waals surface area contributed by atoms with Crippen LogP contribution in [0.4, 0.5) is 0 Å². The zero-order chi connectivity index (χ0) is 20.8. The molecule has 1 N–H and O–H groups in total. The van der Waals surface area contributed by atoms with Crippen molar-refractivity contribution in [2.24, 2.45) is 11.1 Å². The van der Waals surface area contributed by atoms with Crippen molar-refractivity contribution in [3.8, 4) is 0 Å². The molecular weight excluding hydrogens is 374 g/mol. The third-order valence-corrected chi connectivity index (χ3v) is 5.67. The third-order valence-electron chi connectivity index (χ3n) is 4.42. The van der Waals surface area contributed by atoms with Crippen molar-refractivity contribution in [2.75, 3.05) is 12.9 Å². The maximum atomic E-state index is 11.0. The summed E-state index contributed by atoms with van der Waals surface area (Å²) in [5, 5.41) is 12.6. The van der Waals surface area contributed by atoms with Gasteiger partial charge < -0.3 is 9.94 Å². The number of esters is 1. The topological polar surface area (TPSA) is 76.0 Å². The van der Waals surface area contributed by atoms with Crippen molar-refractivity contribution in [3.05, 3.63) is 46.9 Å². The predicted molar refractivity (Wildman–Crippen MR) is 115 cm³/mol. The van der Waals surface area contributed by atoms with Gasteiger partial charge >= 0.3 is 5.97 Å². The van der Waals surface area contributed by atoms with Gasteiger partial charge in [0.1, 0.15) is 0 Å². The van der Waals surface area contributed by atoms with E-state index in [0.717, 1.165) is 47.6 Å². The average molecular weight is 406 g/mol. The molecule has 6 heteroatoms. The van der Waals surface area contributed by atoms with Gasteiger partial charge in [0.25, 0.3) is 0 Å². The summed E-state index contributed by atoms with van der Waals surface area (Å²) in [5.74, 6) is 1.33. The van der Waals surface area contributed by atoms with Crippen LogP contribution >= 0.6 is 11.8 Å². The van der Waals surface area contributed by atoms with Gasteiger partial charge in [-0.2, -0.15) is 0 Å². The number of methoxy groups -OCH3 is 1. The van der Waals surface area contributed by atoms with Gasteiger partial charge in [0, 0.05) is 28.6 Å². The van der Waals surface area contributed by atoms with Crippen molar-refractivity contribution in [3.63, 3.8) is 0 Å². The van der Waals surface area contributed by atoms with Crippen LogP contribution < -0.4 is 0 Å². The van der Waals surface area contributed by atoms with E-state index in [1.807, 2.05) is 30.3 Å². The number of carbonyl (C=O) groups excluding carboxylic acids is 2. The number of hydrogen-bond acceptors (Lipinski definition) is 6. The standard InChI is InChI=1S/C14H23NO3S.C8H8O/c1-3-4-7-11-10-19-12(14(11)15-17)8-5-6-9-13(16)18-2;1-7(9)8-5-3-2-4-6-8/h8,11,17H,3-7,9-10H2,1-2H3;2-6H,1H3/b12-8+,15-14-;. The number of thioether (sulfide) groups is 1. The van der Waals surface area contributed by atoms with Crippen molar-refractivity contribution in [1.29, 1.82) is 0 Å². The Morgan fingerprint density at radius 1 is 1.29 bits per heavy atom. The summed E-state index contributed by atoms with van der Waals surface area (Å²) in [6.07, 6.45) is 7.52. The molecule has 1 fully saturated rings. The van der Waals surface area contributed by atoms with Crippen LogP contribution in [-0.4, -0.2) is 35.5 Å². The first kappa shape index (κ1) is 24.0. The summed E-state index contributed by atoms with van der Waals surface area (Å²) in [4.78, 5) is 22.7. The van der Waals surface area contributed by atoms with Crippen LogP contribution in [0.15, 0.2) is 46.5 Å². The summed E-state index contributed by atoms with van der Waals surface area (Å²) < 4.78 is 4.60. The van der Waals surface area contributed by atoms with E-state index in [-0.39, 0.29) is 11.8 Å². The second kappa shape index (κ2) is 14.0. The number of benzene rings is 1. The predicted octanol–water partition coefficient (Wildman–Crippen LogP) is 5.49. The van der Waals surface area contributed by atoms with E-state index in [0.29, 0.717) is 12.3 Å². The Kier molecular flexibility index (Phi) is 12.0. The highest BCUT2D eigenvalue weighted by molar-refractivity contribution is 8.04. The van der Waals surface area contributed by atoms with Gasteiger partial charge in [0.05, 0.1) is 12.8 Å². The number of Topliss-reactive ketones (excluding diaryl/α,β-unsaturated/α-hetero) is 1. The molecule has 1 unspecified atom stereocenters. The van der Waals surface area contributed by atoms with E-state index in [1.54, 1.807) is 18.7 Å². The zero-order valence-corrected chi connectivity index (χ0v) is 17.8. The molecule has 0 saturated carbocycles. The number of unbranched alkanes of at least 4 members (excludes halogenated alkanes) is 2. The van der Waals surface area contributed by atoms with E-state index < -0.39 is 0 Å². The molecule has 28 heavy (non-hydrogen) atoms. The van der Waals surface area contributed by atoms with Crippen LogP contribution in [0.5, 0.6) is 0 Å². The van der Waals surface area contributed by atoms with Gasteiger partial charge in [0.2, 0.25) is 0 Å². The molecule has 1 heterocycles. The van der Waals surface area contributed by atoms with E-state index in [2.05, 4.69) is 22.9 Å². The van der Waals surface area contributed by atoms with Crippen LogP contribution in [0.3, 0.4) is 0 Å². The van der Waals surface area contributed by atoms with Gasteiger partial charge in [-0.1, -0.05) is 61.3 Å². The summed E-state index contributed by atoms with van der Waals surface area (Å²) in [7, 11) is 1.41. The van der Waals surface area contributed by atoms with Gasteiger partial charge in [0.15, 0.2) is 5.78 Å². The summed E-state index contributed by atoms with van der Waals surface area (Å²) in [6.45, 7) is 3.73. The molecular formula is C22H31NO4S. The smallest absolute Gasteiger partial charge is 0.305 e. The Bertz CT molecular complexity index is 670. The fourth-order valence-corrected chi connectivity index (χ4v) is 4.06. The number of oxime groups is 1. The number of carbonyl (C=O) groups is 2. The van der Waals surface area contributed by atoms with Crippen molar-refractivity contribution < 1.29 is 19.5 Å². The monoisotopic (exact) mass is 405 g/mol. The van der Waals surface area contributed by atoms with Crippen LogP contribution in [0, 0.1) is 5.92 Å². The molecule has 0 aromatic heterocycles. The second-order valence-electron chi connectivity index (χ2n) is 6.59. The lowest BCUT2D eigenvalue weighted by atomic mass is 9.98. The molecule has 1 aliphatic heterocycles. The molecule has 1 saturated heterocycles. The second-order valence-corrected chi connectivity index (χ2v) is 7.66. The Balaban J connectivity index is 0.000000362. The quantitative estimate of drug-likeness (QED) is 0.204. The zero-order valence-electron chi connectivity index (χ0n) is 17.0. The fourth-order valence-electron chi connectivity index (χ4n) is 2.76. The van der Waals surface area contributed by atoms with Crippen LogP contribution in [0.1, 0.15) is 62.7 Å². The number of ketones is 1. The van der Waals surface area contributed by atoms with Crippen LogP contribution in [-0.2, 0) is 9.53 Å². The minimum absolute atomic E-state index is 0.121. The number of hydrogen-bond donors (Lipinski definition) is 1. The molecule has 2 rings (SSSR count). The first-order valence-corrected chi connectivity index (χ1v) is 10.7. The van der Waals surface area contributed by atoms with Crippen molar-refractivity contribution in [2.45, 2.75) is 52.4 Å². The molecule has 5 nitrogen and oxygen atoms in total. The Morgan fingerprint density at radius 3 is 2.54 bits per heavy atom. The minimum atomic E-state index is -0.172. The molecule has 0 spiro atoms. The van der Waals surface area contributed by atoms with E-state index in [4.69, 9.17) is 5.21 Å². The number of nitrogens with zero attached hydrogens (tertiary/aromatic N) is 1. The molecule has 1 aromatic rings. The SMILES string of the molecule is CC(=O)c1ccccc1.CCCCC1CSC(=C/CCCC(=O)OC)/C1=N\O. The highest BCUT2D eigenvalue weighted by Gasteiger charge is 2.27. The molecule has 0 bridgehead atoms. The highest BCUT2D eigenvalue weighted by Crippen LogP contribution is 2.35.